The Bertz CT molecular complexity index is 1340. The lowest BCUT2D eigenvalue weighted by Crippen LogP contribution is -2.38. The summed E-state index contributed by atoms with van der Waals surface area (Å²) in [6, 6.07) is 20.5. The van der Waals surface area contributed by atoms with Crippen molar-refractivity contribution in [3.8, 4) is 5.69 Å². The van der Waals surface area contributed by atoms with Gasteiger partial charge in [-0.3, -0.25) is 0 Å². The van der Waals surface area contributed by atoms with Crippen LogP contribution in [-0.4, -0.2) is 15.5 Å². The van der Waals surface area contributed by atoms with Gasteiger partial charge in [-0.05, 0) is 59.7 Å². The monoisotopic (exact) mass is 465 g/mol. The smallest absolute Gasteiger partial charge is 0.318 e. The van der Waals surface area contributed by atoms with Crippen LogP contribution in [0.3, 0.4) is 0 Å². The largest absolute Gasteiger partial charge is 0.416 e. The first-order valence-corrected chi connectivity index (χ1v) is 10.6. The van der Waals surface area contributed by atoms with Gasteiger partial charge in [0.25, 0.3) is 0 Å². The number of fused-ring (bicyclic) bond motifs is 3. The molecule has 5 rings (SSSR count). The number of amides is 2. The molecule has 0 fully saturated rings. The van der Waals surface area contributed by atoms with E-state index >= 15 is 0 Å². The van der Waals surface area contributed by atoms with Crippen molar-refractivity contribution in [2.75, 3.05) is 5.32 Å². The third-order valence-corrected chi connectivity index (χ3v) is 5.85. The van der Waals surface area contributed by atoms with Crippen molar-refractivity contribution in [2.24, 2.45) is 0 Å². The summed E-state index contributed by atoms with van der Waals surface area (Å²) in [6.45, 7) is 0.199. The summed E-state index contributed by atoms with van der Waals surface area (Å²) in [4.78, 5) is 15.1. The summed E-state index contributed by atoms with van der Waals surface area (Å²) in [5.41, 5.74) is 2.39. The Morgan fingerprint density at radius 1 is 0.912 bits per heavy atom. The van der Waals surface area contributed by atoms with Crippen molar-refractivity contribution >= 4 is 11.7 Å². The Labute approximate surface area is 193 Å². The Morgan fingerprint density at radius 3 is 2.44 bits per heavy atom. The van der Waals surface area contributed by atoms with Gasteiger partial charge in [0.2, 0.25) is 0 Å². The number of anilines is 1. The van der Waals surface area contributed by atoms with Crippen LogP contribution in [0.1, 0.15) is 28.4 Å². The second kappa shape index (κ2) is 8.37. The minimum atomic E-state index is -4.53. The van der Waals surface area contributed by atoms with Crippen molar-refractivity contribution in [1.82, 2.24) is 9.47 Å². The maximum absolute atomic E-state index is 13.7. The van der Waals surface area contributed by atoms with Gasteiger partial charge in [0.15, 0.2) is 0 Å². The summed E-state index contributed by atoms with van der Waals surface area (Å²) in [5, 5.41) is 2.62. The molecule has 1 unspecified atom stereocenters. The standard InChI is InChI=1S/C26H19F4N3O/c27-20-12-10-17(11-13-20)24-23-9-4-14-32(23)22-8-2-1-5-18(22)16-33(24)25(34)31-21-7-3-6-19(15-21)26(28,29)30/h1-15,24H,16H2,(H,31,34). The number of hydrogen-bond acceptors (Lipinski definition) is 1. The number of aromatic nitrogens is 1. The average molecular weight is 465 g/mol. The highest BCUT2D eigenvalue weighted by atomic mass is 19.4. The highest BCUT2D eigenvalue weighted by Crippen LogP contribution is 2.37. The number of urea groups is 1. The lowest BCUT2D eigenvalue weighted by atomic mass is 10.0. The number of hydrogen-bond donors (Lipinski definition) is 1. The maximum Gasteiger partial charge on any atom is 0.416 e. The molecule has 2 heterocycles. The molecule has 4 aromatic rings. The van der Waals surface area contributed by atoms with Gasteiger partial charge in [0, 0.05) is 17.6 Å². The van der Waals surface area contributed by atoms with E-state index in [-0.39, 0.29) is 12.2 Å². The molecule has 1 aromatic heterocycles. The highest BCUT2D eigenvalue weighted by molar-refractivity contribution is 5.90. The Hall–Kier alpha value is -4.07. The van der Waals surface area contributed by atoms with Crippen LogP contribution in [0.2, 0.25) is 0 Å². The zero-order valence-electron chi connectivity index (χ0n) is 17.8. The van der Waals surface area contributed by atoms with Crippen molar-refractivity contribution in [1.29, 1.82) is 0 Å². The second-order valence-electron chi connectivity index (χ2n) is 8.02. The SMILES string of the molecule is O=C(Nc1cccc(C(F)(F)F)c1)N1Cc2ccccc2-n2cccc2C1c1ccc(F)cc1. The van der Waals surface area contributed by atoms with E-state index in [1.807, 2.05) is 47.2 Å². The summed E-state index contributed by atoms with van der Waals surface area (Å²) in [5.74, 6) is -0.406. The van der Waals surface area contributed by atoms with Crippen LogP contribution in [0.4, 0.5) is 28.0 Å². The molecule has 8 heteroatoms. The predicted molar refractivity (Wildman–Crippen MR) is 120 cm³/mol. The topological polar surface area (TPSA) is 37.3 Å². The first kappa shape index (κ1) is 21.8. The second-order valence-corrected chi connectivity index (χ2v) is 8.02. The number of nitrogens with one attached hydrogen (secondary N) is 1. The molecular formula is C26H19F4N3O. The number of nitrogens with zero attached hydrogens (tertiary/aromatic N) is 2. The zero-order valence-corrected chi connectivity index (χ0v) is 17.8. The van der Waals surface area contributed by atoms with Crippen LogP contribution in [-0.2, 0) is 12.7 Å². The summed E-state index contributed by atoms with van der Waals surface area (Å²) < 4.78 is 55.2. The zero-order chi connectivity index (χ0) is 23.9. The Morgan fingerprint density at radius 2 is 1.68 bits per heavy atom. The molecule has 172 valence electrons. The van der Waals surface area contributed by atoms with Gasteiger partial charge >= 0.3 is 12.2 Å². The summed E-state index contributed by atoms with van der Waals surface area (Å²) in [6.07, 6.45) is -2.64. The highest BCUT2D eigenvalue weighted by Gasteiger charge is 2.34. The Balaban J connectivity index is 1.59. The van der Waals surface area contributed by atoms with Crippen LogP contribution in [0.15, 0.2) is 91.1 Å². The molecule has 1 aliphatic heterocycles. The normalized spacial score (nSPS) is 15.3. The minimum absolute atomic E-state index is 0.0330. The van der Waals surface area contributed by atoms with Crippen molar-refractivity contribution < 1.29 is 22.4 Å². The van der Waals surface area contributed by atoms with E-state index in [4.69, 9.17) is 0 Å². The Kier molecular flexibility index (Phi) is 5.36. The van der Waals surface area contributed by atoms with Crippen molar-refractivity contribution in [2.45, 2.75) is 18.8 Å². The number of benzene rings is 3. The number of halogens is 4. The molecule has 34 heavy (non-hydrogen) atoms. The van der Waals surface area contributed by atoms with E-state index in [9.17, 15) is 22.4 Å². The van der Waals surface area contributed by atoms with Gasteiger partial charge in [-0.25, -0.2) is 9.18 Å². The van der Waals surface area contributed by atoms with Crippen LogP contribution < -0.4 is 5.32 Å². The molecule has 0 aliphatic carbocycles. The van der Waals surface area contributed by atoms with Gasteiger partial charge in [0.1, 0.15) is 5.82 Å². The number of para-hydroxylation sites is 1. The molecule has 1 atom stereocenters. The summed E-state index contributed by atoms with van der Waals surface area (Å²) >= 11 is 0. The first-order valence-electron chi connectivity index (χ1n) is 10.6. The van der Waals surface area contributed by atoms with Crippen LogP contribution in [0, 0.1) is 5.82 Å². The number of alkyl halides is 3. The first-order chi connectivity index (χ1) is 16.3. The van der Waals surface area contributed by atoms with Gasteiger partial charge in [0.05, 0.1) is 23.8 Å². The minimum Gasteiger partial charge on any atom is -0.318 e. The van der Waals surface area contributed by atoms with E-state index in [1.54, 1.807) is 17.0 Å². The quantitative estimate of drug-likeness (QED) is 0.326. The van der Waals surface area contributed by atoms with Gasteiger partial charge in [-0.2, -0.15) is 13.2 Å². The van der Waals surface area contributed by atoms with Crippen LogP contribution in [0.5, 0.6) is 0 Å². The molecule has 1 N–H and O–H groups in total. The molecule has 0 bridgehead atoms. The molecule has 0 radical (unpaired) electrons. The fourth-order valence-electron chi connectivity index (χ4n) is 4.30. The fourth-order valence-corrected chi connectivity index (χ4v) is 4.30. The van der Waals surface area contributed by atoms with E-state index in [1.165, 1.54) is 24.3 Å². The van der Waals surface area contributed by atoms with Gasteiger partial charge in [-0.1, -0.05) is 36.4 Å². The fraction of sp³-hybridized carbons (Fsp3) is 0.115. The molecule has 4 nitrogen and oxygen atoms in total. The van der Waals surface area contributed by atoms with Crippen LogP contribution >= 0.6 is 0 Å². The third kappa shape index (κ3) is 4.03. The molecule has 0 saturated carbocycles. The molecule has 2 amide bonds. The lowest BCUT2D eigenvalue weighted by molar-refractivity contribution is -0.137. The molecule has 1 aliphatic rings. The van der Waals surface area contributed by atoms with Gasteiger partial charge in [-0.15, -0.1) is 0 Å². The molecule has 0 saturated heterocycles. The number of carbonyl (C=O) groups is 1. The van der Waals surface area contributed by atoms with E-state index in [0.717, 1.165) is 29.1 Å². The third-order valence-electron chi connectivity index (χ3n) is 5.85. The lowest BCUT2D eigenvalue weighted by Gasteiger charge is -2.31. The average Bonchev–Trinajstić information content (AvgIpc) is 3.24. The van der Waals surface area contributed by atoms with E-state index in [2.05, 4.69) is 5.32 Å². The molecular weight excluding hydrogens is 446 g/mol. The molecule has 3 aromatic carbocycles. The summed E-state index contributed by atoms with van der Waals surface area (Å²) in [7, 11) is 0. The van der Waals surface area contributed by atoms with Crippen molar-refractivity contribution in [3.63, 3.8) is 0 Å². The molecule has 0 spiro atoms. The number of carbonyl (C=O) groups excluding carboxylic acids is 1. The number of rotatable bonds is 2. The maximum atomic E-state index is 13.7. The van der Waals surface area contributed by atoms with Crippen molar-refractivity contribution in [3.05, 3.63) is 119 Å². The predicted octanol–water partition coefficient (Wildman–Crippen LogP) is 6.77. The van der Waals surface area contributed by atoms with Crippen LogP contribution in [0.25, 0.3) is 5.69 Å². The van der Waals surface area contributed by atoms with E-state index in [0.29, 0.717) is 5.56 Å². The van der Waals surface area contributed by atoms with E-state index < -0.39 is 29.6 Å². The van der Waals surface area contributed by atoms with Gasteiger partial charge < -0.3 is 14.8 Å².